The van der Waals surface area contributed by atoms with Crippen molar-refractivity contribution in [3.63, 3.8) is 0 Å². The molecular weight excluding hydrogens is 292 g/mol. The Morgan fingerprint density at radius 1 is 1.22 bits per heavy atom. The summed E-state index contributed by atoms with van der Waals surface area (Å²) in [6.07, 6.45) is 1.20. The topological polar surface area (TPSA) is 74.3 Å². The lowest BCUT2D eigenvalue weighted by molar-refractivity contribution is -0.127. The zero-order valence-corrected chi connectivity index (χ0v) is 13.3. The van der Waals surface area contributed by atoms with Gasteiger partial charge in [-0.05, 0) is 32.8 Å². The van der Waals surface area contributed by atoms with E-state index in [1.807, 2.05) is 26.0 Å². The molecule has 0 radical (unpaired) electrons. The predicted octanol–water partition coefficient (Wildman–Crippen LogP) is 2.82. The summed E-state index contributed by atoms with van der Waals surface area (Å²) in [6, 6.07) is 11.1. The molecule has 2 aromatic rings. The number of hydrogen-bond acceptors (Lipinski definition) is 3. The predicted molar refractivity (Wildman–Crippen MR) is 86.0 cm³/mol. The van der Waals surface area contributed by atoms with Crippen molar-refractivity contribution >= 4 is 11.9 Å². The molecule has 1 heterocycles. The number of carbonyl (C=O) groups is 2. The van der Waals surface area contributed by atoms with Crippen LogP contribution in [-0.2, 0) is 9.53 Å². The van der Waals surface area contributed by atoms with Crippen LogP contribution < -0.4 is 5.73 Å². The second kappa shape index (κ2) is 5.91. The van der Waals surface area contributed by atoms with Crippen molar-refractivity contribution < 1.29 is 14.3 Å². The maximum absolute atomic E-state index is 12.5. The van der Waals surface area contributed by atoms with Gasteiger partial charge in [0.25, 0.3) is 5.91 Å². The number of amides is 1. The number of aromatic nitrogens is 1. The molecule has 0 spiro atoms. The van der Waals surface area contributed by atoms with Crippen LogP contribution in [0.4, 0.5) is 0 Å². The molecule has 5 nitrogen and oxygen atoms in total. The number of esters is 1. The summed E-state index contributed by atoms with van der Waals surface area (Å²) in [5.41, 5.74) is 8.39. The van der Waals surface area contributed by atoms with Crippen molar-refractivity contribution in [2.24, 2.45) is 5.73 Å². The van der Waals surface area contributed by atoms with Crippen LogP contribution in [0.5, 0.6) is 0 Å². The quantitative estimate of drug-likeness (QED) is 0.863. The van der Waals surface area contributed by atoms with Gasteiger partial charge >= 0.3 is 5.97 Å². The van der Waals surface area contributed by atoms with Crippen LogP contribution in [-0.4, -0.2) is 16.4 Å². The summed E-state index contributed by atoms with van der Waals surface area (Å²) in [5, 5.41) is 0. The monoisotopic (exact) mass is 312 g/mol. The lowest BCUT2D eigenvalue weighted by atomic mass is 10.1. The van der Waals surface area contributed by atoms with Gasteiger partial charge in [0.2, 0.25) is 6.10 Å². The van der Waals surface area contributed by atoms with E-state index < -0.39 is 18.0 Å². The molecule has 120 valence electrons. The third kappa shape index (κ3) is 2.99. The van der Waals surface area contributed by atoms with Crippen molar-refractivity contribution in [1.82, 2.24) is 4.57 Å². The van der Waals surface area contributed by atoms with Crippen LogP contribution in [0.15, 0.2) is 36.4 Å². The van der Waals surface area contributed by atoms with Gasteiger partial charge in [-0.1, -0.05) is 30.3 Å². The Balaban J connectivity index is 1.85. The number of nitrogens with zero attached hydrogens (tertiary/aromatic N) is 1. The Morgan fingerprint density at radius 2 is 1.87 bits per heavy atom. The zero-order chi connectivity index (χ0) is 16.6. The van der Waals surface area contributed by atoms with E-state index in [1.165, 1.54) is 0 Å². The summed E-state index contributed by atoms with van der Waals surface area (Å²) in [4.78, 5) is 24.2. The Hall–Kier alpha value is -2.56. The number of nitrogens with two attached hydrogens (primary N) is 1. The fourth-order valence-electron chi connectivity index (χ4n) is 2.97. The summed E-state index contributed by atoms with van der Waals surface area (Å²) >= 11 is 0. The van der Waals surface area contributed by atoms with Crippen LogP contribution in [0.1, 0.15) is 52.3 Å². The minimum absolute atomic E-state index is 0.484. The lowest BCUT2D eigenvalue weighted by Crippen LogP contribution is -2.26. The number of rotatable bonds is 5. The van der Waals surface area contributed by atoms with Gasteiger partial charge in [0.1, 0.15) is 0 Å². The SMILES string of the molecule is Cc1cc(C(=O)O[C@@H](C(N)=O)c2ccccc2)c(C)n1C1CC1. The molecular formula is C18H20N2O3. The molecule has 3 rings (SSSR count). The van der Waals surface area contributed by atoms with Gasteiger partial charge in [0, 0.05) is 23.0 Å². The maximum Gasteiger partial charge on any atom is 0.341 e. The van der Waals surface area contributed by atoms with Gasteiger partial charge in [-0.2, -0.15) is 0 Å². The van der Waals surface area contributed by atoms with Crippen molar-refractivity contribution in [2.75, 3.05) is 0 Å². The van der Waals surface area contributed by atoms with E-state index in [2.05, 4.69) is 4.57 Å². The van der Waals surface area contributed by atoms with E-state index in [9.17, 15) is 9.59 Å². The summed E-state index contributed by atoms with van der Waals surface area (Å²) < 4.78 is 7.57. The number of benzene rings is 1. The molecule has 1 aromatic carbocycles. The van der Waals surface area contributed by atoms with Crippen molar-refractivity contribution in [1.29, 1.82) is 0 Å². The highest BCUT2D eigenvalue weighted by Crippen LogP contribution is 2.38. The molecule has 0 aliphatic heterocycles. The molecule has 0 unspecified atom stereocenters. The molecule has 1 saturated carbocycles. The first-order chi connectivity index (χ1) is 11.0. The Bertz CT molecular complexity index is 745. The first-order valence-electron chi connectivity index (χ1n) is 7.72. The maximum atomic E-state index is 12.5. The van der Waals surface area contributed by atoms with E-state index in [4.69, 9.17) is 10.5 Å². The van der Waals surface area contributed by atoms with Crippen molar-refractivity contribution in [3.05, 3.63) is 58.9 Å². The van der Waals surface area contributed by atoms with Gasteiger partial charge in [0.15, 0.2) is 0 Å². The zero-order valence-electron chi connectivity index (χ0n) is 13.3. The summed E-state index contributed by atoms with van der Waals surface area (Å²) in [6.45, 7) is 3.88. The average molecular weight is 312 g/mol. The van der Waals surface area contributed by atoms with Crippen molar-refractivity contribution in [2.45, 2.75) is 38.8 Å². The summed E-state index contributed by atoms with van der Waals surface area (Å²) in [7, 11) is 0. The molecule has 1 aliphatic rings. The molecule has 5 heteroatoms. The van der Waals surface area contributed by atoms with E-state index in [0.717, 1.165) is 24.2 Å². The van der Waals surface area contributed by atoms with Crippen molar-refractivity contribution in [3.8, 4) is 0 Å². The van der Waals surface area contributed by atoms with Gasteiger partial charge < -0.3 is 15.0 Å². The molecule has 0 saturated heterocycles. The van der Waals surface area contributed by atoms with Crippen LogP contribution in [0.25, 0.3) is 0 Å². The normalized spacial score (nSPS) is 15.2. The largest absolute Gasteiger partial charge is 0.444 e. The number of carbonyl (C=O) groups excluding carboxylic acids is 2. The van der Waals surface area contributed by atoms with Crippen LogP contribution in [0.2, 0.25) is 0 Å². The van der Waals surface area contributed by atoms with Crippen LogP contribution in [0, 0.1) is 13.8 Å². The molecule has 23 heavy (non-hydrogen) atoms. The Kier molecular flexibility index (Phi) is 3.94. The lowest BCUT2D eigenvalue weighted by Gasteiger charge is -2.15. The molecule has 2 N–H and O–H groups in total. The molecule has 1 fully saturated rings. The molecule has 1 atom stereocenters. The first kappa shape index (κ1) is 15.3. The van der Waals surface area contributed by atoms with Gasteiger partial charge in [-0.25, -0.2) is 4.79 Å². The molecule has 1 amide bonds. The average Bonchev–Trinajstić information content (AvgIpc) is 3.31. The fraction of sp³-hybridized carbons (Fsp3) is 0.333. The highest BCUT2D eigenvalue weighted by atomic mass is 16.5. The summed E-state index contributed by atoms with van der Waals surface area (Å²) in [5.74, 6) is -1.20. The molecule has 1 aliphatic carbocycles. The minimum Gasteiger partial charge on any atom is -0.444 e. The Morgan fingerprint density at radius 3 is 2.43 bits per heavy atom. The molecule has 0 bridgehead atoms. The first-order valence-corrected chi connectivity index (χ1v) is 7.72. The van der Waals surface area contributed by atoms with Crippen LogP contribution >= 0.6 is 0 Å². The number of ether oxygens (including phenoxy) is 1. The second-order valence-corrected chi connectivity index (χ2v) is 5.98. The van der Waals surface area contributed by atoms with E-state index in [1.54, 1.807) is 24.3 Å². The molecule has 1 aromatic heterocycles. The Labute approximate surface area is 135 Å². The van der Waals surface area contributed by atoms with E-state index in [0.29, 0.717) is 17.2 Å². The number of primary amides is 1. The van der Waals surface area contributed by atoms with E-state index in [-0.39, 0.29) is 0 Å². The smallest absolute Gasteiger partial charge is 0.341 e. The minimum atomic E-state index is -1.08. The third-order valence-corrected chi connectivity index (χ3v) is 4.20. The van der Waals surface area contributed by atoms with Gasteiger partial charge in [-0.15, -0.1) is 0 Å². The standard InChI is InChI=1S/C18H20N2O3/c1-11-10-15(12(2)20(11)14-8-9-14)18(22)23-16(17(19)21)13-6-4-3-5-7-13/h3-7,10,14,16H,8-9H2,1-2H3,(H2,19,21)/t16-/m1/s1. The fourth-order valence-corrected chi connectivity index (χ4v) is 2.97. The van der Waals surface area contributed by atoms with Gasteiger partial charge in [0.05, 0.1) is 5.56 Å². The highest BCUT2D eigenvalue weighted by molar-refractivity contribution is 5.93. The highest BCUT2D eigenvalue weighted by Gasteiger charge is 2.30. The second-order valence-electron chi connectivity index (χ2n) is 5.98. The third-order valence-electron chi connectivity index (χ3n) is 4.20. The number of aryl methyl sites for hydroxylation is 1. The van der Waals surface area contributed by atoms with E-state index >= 15 is 0 Å². The van der Waals surface area contributed by atoms with Crippen LogP contribution in [0.3, 0.4) is 0 Å². The number of hydrogen-bond donors (Lipinski definition) is 1. The van der Waals surface area contributed by atoms with Gasteiger partial charge in [-0.3, -0.25) is 4.79 Å².